The molecular weight excluding hydrogens is 629 g/mol. The predicted octanol–water partition coefficient (Wildman–Crippen LogP) is 7.37. The van der Waals surface area contributed by atoms with Gasteiger partial charge in [-0.1, -0.05) is 50.9 Å². The second kappa shape index (κ2) is 11.3. The summed E-state index contributed by atoms with van der Waals surface area (Å²) in [6, 6.07) is 5.79. The minimum Gasteiger partial charge on any atom is -0.480 e. The number of carboxylic acid groups (broad SMARTS) is 1. The molecule has 12 nitrogen and oxygen atoms in total. The summed E-state index contributed by atoms with van der Waals surface area (Å²) in [6.07, 6.45) is 1.15. The number of aliphatic carboxylic acids is 1. The van der Waals surface area contributed by atoms with E-state index < -0.39 is 50.5 Å². The first-order valence-corrected chi connectivity index (χ1v) is 14.8. The third-order valence-corrected chi connectivity index (χ3v) is 8.79. The molecule has 0 saturated heterocycles. The molecule has 0 radical (unpaired) electrons. The van der Waals surface area contributed by atoms with Crippen molar-refractivity contribution in [3.63, 3.8) is 0 Å². The summed E-state index contributed by atoms with van der Waals surface area (Å²) in [5, 5.41) is 32.5. The highest BCUT2D eigenvalue weighted by atomic mass is 35.5. The van der Waals surface area contributed by atoms with Crippen LogP contribution in [0, 0.1) is 31.1 Å². The maximum Gasteiger partial charge on any atom is 0.323 e. The van der Waals surface area contributed by atoms with Gasteiger partial charge in [0.2, 0.25) is 5.75 Å². The van der Waals surface area contributed by atoms with Gasteiger partial charge < -0.3 is 14.7 Å². The van der Waals surface area contributed by atoms with Gasteiger partial charge in [0.1, 0.15) is 6.54 Å². The quantitative estimate of drug-likeness (QED) is 0.234. The average Bonchev–Trinajstić information content (AvgIpc) is 2.89. The number of hydrogen-bond donors (Lipinski definition) is 1. The number of carbonyl (C=O) groups excluding carboxylic acids is 2. The number of halogens is 2. The van der Waals surface area contributed by atoms with E-state index in [0.29, 0.717) is 40.9 Å². The molecule has 2 aliphatic carbocycles. The van der Waals surface area contributed by atoms with Crippen molar-refractivity contribution in [2.45, 2.75) is 59.3 Å². The number of ketones is 2. The van der Waals surface area contributed by atoms with Crippen molar-refractivity contribution in [3.05, 3.63) is 88.7 Å². The molecule has 236 valence electrons. The van der Waals surface area contributed by atoms with Gasteiger partial charge in [-0.3, -0.25) is 34.6 Å². The number of nitrogens with zero attached hydrogens (tertiary/aromatic N) is 3. The van der Waals surface area contributed by atoms with Gasteiger partial charge in [0, 0.05) is 47.4 Å². The Hall–Kier alpha value is -4.29. The summed E-state index contributed by atoms with van der Waals surface area (Å²) in [5.41, 5.74) is -0.00320. The van der Waals surface area contributed by atoms with Gasteiger partial charge in [-0.05, 0) is 47.4 Å². The lowest BCUT2D eigenvalue weighted by Crippen LogP contribution is -2.45. The van der Waals surface area contributed by atoms with E-state index in [0.717, 1.165) is 18.2 Å². The van der Waals surface area contributed by atoms with Crippen molar-refractivity contribution in [2.75, 3.05) is 6.54 Å². The van der Waals surface area contributed by atoms with Crippen LogP contribution < -0.4 is 4.74 Å². The number of carboxylic acids is 1. The van der Waals surface area contributed by atoms with Crippen molar-refractivity contribution < 1.29 is 34.1 Å². The van der Waals surface area contributed by atoms with Crippen LogP contribution in [0.15, 0.2) is 52.9 Å². The van der Waals surface area contributed by atoms with Crippen LogP contribution in [-0.2, 0) is 14.4 Å². The Balaban J connectivity index is 1.68. The summed E-state index contributed by atoms with van der Waals surface area (Å²) in [6.45, 7) is 7.30. The van der Waals surface area contributed by atoms with Crippen LogP contribution in [0.1, 0.15) is 64.9 Å². The molecule has 5 rings (SSSR count). The van der Waals surface area contributed by atoms with Crippen LogP contribution in [0.25, 0.3) is 0 Å². The van der Waals surface area contributed by atoms with Crippen LogP contribution in [0.3, 0.4) is 0 Å². The van der Waals surface area contributed by atoms with Crippen molar-refractivity contribution in [2.24, 2.45) is 10.8 Å². The first-order valence-electron chi connectivity index (χ1n) is 14.0. The molecule has 45 heavy (non-hydrogen) atoms. The molecule has 0 fully saturated rings. The number of carbonyl (C=O) groups is 3. The molecule has 0 unspecified atom stereocenters. The van der Waals surface area contributed by atoms with E-state index in [1.54, 1.807) is 4.90 Å². The molecule has 0 atom stereocenters. The summed E-state index contributed by atoms with van der Waals surface area (Å²) in [7, 11) is 0. The zero-order valence-electron chi connectivity index (χ0n) is 24.8. The molecule has 14 heteroatoms. The first kappa shape index (κ1) is 32.1. The lowest BCUT2D eigenvalue weighted by molar-refractivity contribution is -0.394. The van der Waals surface area contributed by atoms with Gasteiger partial charge in [-0.25, -0.2) is 0 Å². The molecule has 1 N–H and O–H groups in total. The first-order chi connectivity index (χ1) is 20.9. The van der Waals surface area contributed by atoms with Crippen LogP contribution >= 0.6 is 23.2 Å². The van der Waals surface area contributed by atoms with E-state index in [4.69, 9.17) is 27.9 Å². The van der Waals surface area contributed by atoms with E-state index in [9.17, 15) is 39.7 Å². The number of non-ortho nitro benzene ring substituents is 1. The topological polar surface area (TPSA) is 170 Å². The highest BCUT2D eigenvalue weighted by Gasteiger charge is 2.49. The molecule has 0 spiro atoms. The van der Waals surface area contributed by atoms with Crippen molar-refractivity contribution in [3.8, 4) is 11.5 Å². The number of allylic oxidation sites excluding steroid dienone is 4. The molecule has 0 bridgehead atoms. The smallest absolute Gasteiger partial charge is 0.323 e. The Bertz CT molecular complexity index is 1700. The number of benzene rings is 2. The number of nitro groups is 2. The molecule has 2 aromatic carbocycles. The molecule has 0 saturated carbocycles. The maximum atomic E-state index is 13.9. The molecule has 0 amide bonds. The fraction of sp³-hybridized carbons (Fsp3) is 0.387. The van der Waals surface area contributed by atoms with E-state index in [-0.39, 0.29) is 46.0 Å². The van der Waals surface area contributed by atoms with Gasteiger partial charge >= 0.3 is 11.7 Å². The van der Waals surface area contributed by atoms with Gasteiger partial charge in [-0.15, -0.1) is 0 Å². The molecule has 1 heterocycles. The third kappa shape index (κ3) is 6.04. The Morgan fingerprint density at radius 1 is 0.911 bits per heavy atom. The largest absolute Gasteiger partial charge is 0.480 e. The molecule has 3 aliphatic rings. The van der Waals surface area contributed by atoms with E-state index in [1.807, 2.05) is 27.7 Å². The van der Waals surface area contributed by atoms with Crippen LogP contribution in [0.4, 0.5) is 11.4 Å². The van der Waals surface area contributed by atoms with E-state index in [1.165, 1.54) is 12.1 Å². The zero-order chi connectivity index (χ0) is 33.2. The highest BCUT2D eigenvalue weighted by molar-refractivity contribution is 6.37. The summed E-state index contributed by atoms with van der Waals surface area (Å²) >= 11 is 13.3. The van der Waals surface area contributed by atoms with Crippen molar-refractivity contribution in [1.29, 1.82) is 0 Å². The van der Waals surface area contributed by atoms with E-state index in [2.05, 4.69) is 0 Å². The predicted molar refractivity (Wildman–Crippen MR) is 163 cm³/mol. The lowest BCUT2D eigenvalue weighted by atomic mass is 9.63. The second-order valence-electron chi connectivity index (χ2n) is 13.1. The summed E-state index contributed by atoms with van der Waals surface area (Å²) in [4.78, 5) is 62.6. The van der Waals surface area contributed by atoms with Crippen LogP contribution in [0.2, 0.25) is 10.0 Å². The summed E-state index contributed by atoms with van der Waals surface area (Å²) in [5.74, 6) is -2.94. The van der Waals surface area contributed by atoms with Crippen LogP contribution in [0.5, 0.6) is 11.5 Å². The molecular formula is C31H29Cl2N3O9. The van der Waals surface area contributed by atoms with Crippen molar-refractivity contribution >= 4 is 52.1 Å². The number of nitro benzene ring substituents is 2. The SMILES string of the molecule is CC1(C)CC(=O)C2=C(C1)N(CC(=O)O)C1=C(C(=O)CC(C)(C)C1)C2c1cc(Cl)c(Oc2ccc([N+](=O)[O-])cc2[N+](=O)[O-])c(Cl)c1. The average molecular weight is 658 g/mol. The monoisotopic (exact) mass is 657 g/mol. The minimum absolute atomic E-state index is 0.0883. The Labute approximate surface area is 267 Å². The van der Waals surface area contributed by atoms with Gasteiger partial charge in [0.05, 0.1) is 26.0 Å². The van der Waals surface area contributed by atoms with Gasteiger partial charge in [-0.2, -0.15) is 0 Å². The number of Topliss-reactive ketones (excluding diaryl/α,β-unsaturated/α-hetero) is 2. The van der Waals surface area contributed by atoms with Crippen molar-refractivity contribution in [1.82, 2.24) is 4.90 Å². The van der Waals surface area contributed by atoms with E-state index >= 15 is 0 Å². The number of hydrogen-bond acceptors (Lipinski definition) is 9. The fourth-order valence-corrected chi connectivity index (χ4v) is 7.09. The number of rotatable bonds is 7. The standard InChI is InChI=1S/C31H29Cl2N3O9/c1-30(2)10-20-27(22(37)12-30)26(28-21(34(20)14-25(39)40)11-31(3,4)13-23(28)38)15-7-17(32)29(18(33)8-15)45-24-6-5-16(35(41)42)9-19(24)36(43)44/h5-9,26H,10-14H2,1-4H3,(H,39,40). The minimum atomic E-state index is -1.10. The molecule has 0 aromatic heterocycles. The second-order valence-corrected chi connectivity index (χ2v) is 13.9. The highest BCUT2D eigenvalue weighted by Crippen LogP contribution is 2.55. The normalized spacial score (nSPS) is 19.3. The molecule has 2 aromatic rings. The summed E-state index contributed by atoms with van der Waals surface area (Å²) < 4.78 is 5.72. The van der Waals surface area contributed by atoms with Gasteiger partial charge in [0.25, 0.3) is 5.69 Å². The Morgan fingerprint density at radius 3 is 1.87 bits per heavy atom. The molecule has 1 aliphatic heterocycles. The lowest BCUT2D eigenvalue weighted by Gasteiger charge is -2.48. The Morgan fingerprint density at radius 2 is 1.42 bits per heavy atom. The third-order valence-electron chi connectivity index (χ3n) is 8.23. The Kier molecular flexibility index (Phi) is 8.03. The van der Waals surface area contributed by atoms with Crippen LogP contribution in [-0.4, -0.2) is 43.9 Å². The number of ether oxygens (including phenoxy) is 1. The fourth-order valence-electron chi connectivity index (χ4n) is 6.51. The maximum absolute atomic E-state index is 13.9. The zero-order valence-corrected chi connectivity index (χ0v) is 26.3. The van der Waals surface area contributed by atoms with Gasteiger partial charge in [0.15, 0.2) is 17.3 Å².